The Morgan fingerprint density at radius 2 is 2.00 bits per heavy atom. The first-order chi connectivity index (χ1) is 13.7. The molecule has 28 heavy (non-hydrogen) atoms. The van der Waals surface area contributed by atoms with E-state index in [0.717, 1.165) is 18.0 Å². The van der Waals surface area contributed by atoms with Crippen LogP contribution in [0.15, 0.2) is 77.9 Å². The zero-order valence-electron chi connectivity index (χ0n) is 15.5. The van der Waals surface area contributed by atoms with Crippen LogP contribution in [0, 0.1) is 17.8 Å². The van der Waals surface area contributed by atoms with E-state index in [-0.39, 0.29) is 0 Å². The molecule has 3 unspecified atom stereocenters. The van der Waals surface area contributed by atoms with E-state index in [1.165, 1.54) is 28.5 Å². The Labute approximate surface area is 169 Å². The van der Waals surface area contributed by atoms with Crippen molar-refractivity contribution in [1.29, 1.82) is 0 Å². The SMILES string of the molecule is NC(/C=C/C1CC=C(c2ccc3[nH]ccc3c2)C2CC12)=Nc1ccc(Cl)cc1. The molecule has 1 saturated carbocycles. The van der Waals surface area contributed by atoms with Crippen molar-refractivity contribution in [3.63, 3.8) is 0 Å². The fraction of sp³-hybridized carbons (Fsp3) is 0.208. The minimum atomic E-state index is 0.534. The molecule has 3 N–H and O–H groups in total. The number of benzene rings is 2. The molecule has 2 aromatic carbocycles. The topological polar surface area (TPSA) is 54.2 Å². The van der Waals surface area contributed by atoms with Gasteiger partial charge in [-0.05, 0) is 95.7 Å². The monoisotopic (exact) mass is 387 g/mol. The van der Waals surface area contributed by atoms with Crippen molar-refractivity contribution in [2.24, 2.45) is 28.5 Å². The third-order valence-electron chi connectivity index (χ3n) is 5.88. The minimum absolute atomic E-state index is 0.534. The first-order valence-electron chi connectivity index (χ1n) is 9.73. The number of aliphatic imine (C=N–C) groups is 1. The normalized spacial score (nSPS) is 24.4. The minimum Gasteiger partial charge on any atom is -0.384 e. The standard InChI is InChI=1S/C24H22ClN3/c25-18-4-6-19(7-5-18)28-24(26)10-3-15-1-8-20(22-14-21(15)22)16-2-9-23-17(13-16)11-12-27-23/h2-13,15,21-22,27H,1,14H2,(H2,26,28)/b10-3+. The molecule has 0 saturated heterocycles. The lowest BCUT2D eigenvalue weighted by atomic mass is 9.86. The highest BCUT2D eigenvalue weighted by Crippen LogP contribution is 2.56. The molecule has 1 heterocycles. The first kappa shape index (κ1) is 17.3. The Hall–Kier alpha value is -2.78. The average molecular weight is 388 g/mol. The summed E-state index contributed by atoms with van der Waals surface area (Å²) < 4.78 is 0. The van der Waals surface area contributed by atoms with E-state index in [2.05, 4.69) is 46.4 Å². The highest BCUT2D eigenvalue weighted by molar-refractivity contribution is 6.30. The van der Waals surface area contributed by atoms with E-state index in [4.69, 9.17) is 17.3 Å². The van der Waals surface area contributed by atoms with Crippen molar-refractivity contribution in [3.8, 4) is 0 Å². The maximum atomic E-state index is 6.09. The fourth-order valence-electron chi connectivity index (χ4n) is 4.34. The van der Waals surface area contributed by atoms with Gasteiger partial charge in [0, 0.05) is 16.7 Å². The molecular formula is C24H22ClN3. The summed E-state index contributed by atoms with van der Waals surface area (Å²) in [5, 5.41) is 1.98. The molecule has 0 aliphatic heterocycles. The molecule has 5 rings (SSSR count). The van der Waals surface area contributed by atoms with Gasteiger partial charge in [-0.2, -0.15) is 0 Å². The molecule has 4 heteroatoms. The summed E-state index contributed by atoms with van der Waals surface area (Å²) in [6.45, 7) is 0. The molecule has 0 bridgehead atoms. The number of rotatable bonds is 4. The zero-order valence-corrected chi connectivity index (χ0v) is 16.2. The Bertz CT molecular complexity index is 1100. The molecule has 3 aromatic rings. The van der Waals surface area contributed by atoms with Crippen molar-refractivity contribution in [2.75, 3.05) is 0 Å². The van der Waals surface area contributed by atoms with Gasteiger partial charge in [0.2, 0.25) is 0 Å². The van der Waals surface area contributed by atoms with Crippen LogP contribution in [0.3, 0.4) is 0 Å². The molecule has 3 atom stereocenters. The third kappa shape index (κ3) is 3.38. The highest BCUT2D eigenvalue weighted by Gasteiger charge is 2.46. The molecule has 2 aliphatic rings. The Morgan fingerprint density at radius 1 is 1.14 bits per heavy atom. The van der Waals surface area contributed by atoms with Crippen LogP contribution in [0.5, 0.6) is 0 Å². The lowest BCUT2D eigenvalue weighted by molar-refractivity contribution is 0.545. The van der Waals surface area contributed by atoms with Gasteiger partial charge < -0.3 is 10.7 Å². The Kier molecular flexibility index (Phi) is 4.33. The molecule has 1 aromatic heterocycles. The first-order valence-corrected chi connectivity index (χ1v) is 10.1. The summed E-state index contributed by atoms with van der Waals surface area (Å²) in [5.41, 5.74) is 11.0. The quantitative estimate of drug-likeness (QED) is 0.412. The number of nitrogens with zero attached hydrogens (tertiary/aromatic N) is 1. The van der Waals surface area contributed by atoms with Crippen molar-refractivity contribution >= 4 is 39.6 Å². The van der Waals surface area contributed by atoms with Crippen LogP contribution in [0.4, 0.5) is 5.69 Å². The van der Waals surface area contributed by atoms with Gasteiger partial charge in [0.1, 0.15) is 5.84 Å². The van der Waals surface area contributed by atoms with Gasteiger partial charge in [0.15, 0.2) is 0 Å². The van der Waals surface area contributed by atoms with Crippen molar-refractivity contribution in [1.82, 2.24) is 4.98 Å². The third-order valence-corrected chi connectivity index (χ3v) is 6.14. The number of nitrogens with two attached hydrogens (primary N) is 1. The second kappa shape index (κ2) is 6.99. The number of amidine groups is 1. The summed E-state index contributed by atoms with van der Waals surface area (Å²) in [4.78, 5) is 7.71. The largest absolute Gasteiger partial charge is 0.384 e. The van der Waals surface area contributed by atoms with Crippen LogP contribution in [-0.2, 0) is 0 Å². The number of H-pyrrole nitrogens is 1. The van der Waals surface area contributed by atoms with Gasteiger partial charge in [-0.3, -0.25) is 0 Å². The summed E-state index contributed by atoms with van der Waals surface area (Å²) in [6.07, 6.45) is 10.9. The maximum Gasteiger partial charge on any atom is 0.123 e. The van der Waals surface area contributed by atoms with Gasteiger partial charge >= 0.3 is 0 Å². The maximum absolute atomic E-state index is 6.09. The summed E-state index contributed by atoms with van der Waals surface area (Å²) >= 11 is 5.91. The molecule has 1 fully saturated rings. The van der Waals surface area contributed by atoms with E-state index in [9.17, 15) is 0 Å². The lowest BCUT2D eigenvalue weighted by Crippen LogP contribution is -2.11. The predicted octanol–water partition coefficient (Wildman–Crippen LogP) is 6.11. The van der Waals surface area contributed by atoms with Gasteiger partial charge in [0.25, 0.3) is 0 Å². The Morgan fingerprint density at radius 3 is 2.86 bits per heavy atom. The number of halogens is 1. The number of hydrogen-bond acceptors (Lipinski definition) is 1. The van der Waals surface area contributed by atoms with Gasteiger partial charge in [-0.25, -0.2) is 4.99 Å². The van der Waals surface area contributed by atoms with Gasteiger partial charge in [-0.15, -0.1) is 0 Å². The number of aromatic amines is 1. The van der Waals surface area contributed by atoms with Crippen LogP contribution < -0.4 is 5.73 Å². The van der Waals surface area contributed by atoms with Crippen LogP contribution in [-0.4, -0.2) is 10.8 Å². The smallest absolute Gasteiger partial charge is 0.123 e. The van der Waals surface area contributed by atoms with Crippen LogP contribution >= 0.6 is 11.6 Å². The van der Waals surface area contributed by atoms with E-state index >= 15 is 0 Å². The molecule has 0 radical (unpaired) electrons. The fourth-order valence-corrected chi connectivity index (χ4v) is 4.47. The molecular weight excluding hydrogens is 366 g/mol. The predicted molar refractivity (Wildman–Crippen MR) is 118 cm³/mol. The number of nitrogens with one attached hydrogen (secondary N) is 1. The summed E-state index contributed by atoms with van der Waals surface area (Å²) in [6, 6.07) is 16.3. The molecule has 2 aliphatic carbocycles. The van der Waals surface area contributed by atoms with Crippen molar-refractivity contribution < 1.29 is 0 Å². The second-order valence-electron chi connectivity index (χ2n) is 7.72. The van der Waals surface area contributed by atoms with E-state index in [1.54, 1.807) is 0 Å². The molecule has 0 spiro atoms. The van der Waals surface area contributed by atoms with Gasteiger partial charge in [0.05, 0.1) is 5.69 Å². The lowest BCUT2D eigenvalue weighted by Gasteiger charge is -2.19. The molecule has 140 valence electrons. The number of fused-ring (bicyclic) bond motifs is 2. The van der Waals surface area contributed by atoms with E-state index < -0.39 is 0 Å². The van der Waals surface area contributed by atoms with Crippen LogP contribution in [0.2, 0.25) is 5.02 Å². The van der Waals surface area contributed by atoms with Crippen molar-refractivity contribution in [2.45, 2.75) is 12.8 Å². The summed E-state index contributed by atoms with van der Waals surface area (Å²) in [5.74, 6) is 2.48. The molecule has 0 amide bonds. The number of allylic oxidation sites excluding steroid dienone is 3. The molecule has 3 nitrogen and oxygen atoms in total. The second-order valence-corrected chi connectivity index (χ2v) is 8.15. The summed E-state index contributed by atoms with van der Waals surface area (Å²) in [7, 11) is 0. The van der Waals surface area contributed by atoms with Crippen molar-refractivity contribution in [3.05, 3.63) is 83.5 Å². The Balaban J connectivity index is 1.30. The van der Waals surface area contributed by atoms with Crippen LogP contribution in [0.1, 0.15) is 18.4 Å². The van der Waals surface area contributed by atoms with Crippen LogP contribution in [0.25, 0.3) is 16.5 Å². The zero-order chi connectivity index (χ0) is 19.1. The van der Waals surface area contributed by atoms with Gasteiger partial charge in [-0.1, -0.05) is 29.8 Å². The highest BCUT2D eigenvalue weighted by atomic mass is 35.5. The van der Waals surface area contributed by atoms with E-state index in [0.29, 0.717) is 22.7 Å². The average Bonchev–Trinajstić information content (AvgIpc) is 3.37. The number of aromatic nitrogens is 1. The van der Waals surface area contributed by atoms with E-state index in [1.807, 2.05) is 36.5 Å². The number of hydrogen-bond donors (Lipinski definition) is 2.